The summed E-state index contributed by atoms with van der Waals surface area (Å²) in [5.74, 6) is 2.14. The fourth-order valence-corrected chi connectivity index (χ4v) is 4.23. The zero-order valence-corrected chi connectivity index (χ0v) is 8.76. The topological polar surface area (TPSA) is 3.24 Å². The van der Waals surface area contributed by atoms with Gasteiger partial charge in [-0.2, -0.15) is 0 Å². The summed E-state index contributed by atoms with van der Waals surface area (Å²) in [5, 5.41) is 0. The van der Waals surface area contributed by atoms with Gasteiger partial charge in [0.25, 0.3) is 0 Å². The molecule has 1 spiro atoms. The Bertz CT molecular complexity index is 209. The highest BCUT2D eigenvalue weighted by atomic mass is 15.3. The lowest BCUT2D eigenvalue weighted by Gasteiger charge is -2.53. The first-order valence-corrected chi connectivity index (χ1v) is 6.12. The second-order valence-corrected chi connectivity index (χ2v) is 5.32. The molecule has 0 radical (unpaired) electrons. The monoisotopic (exact) mass is 179 g/mol. The van der Waals surface area contributed by atoms with Gasteiger partial charge in [-0.25, -0.2) is 0 Å². The second-order valence-electron chi connectivity index (χ2n) is 5.32. The summed E-state index contributed by atoms with van der Waals surface area (Å²) in [6.45, 7) is 5.23. The van der Waals surface area contributed by atoms with Crippen LogP contribution in [0.4, 0.5) is 0 Å². The lowest BCUT2D eigenvalue weighted by molar-refractivity contribution is -0.0183. The molecule has 0 N–H and O–H groups in total. The molecule has 2 heterocycles. The molecule has 74 valence electrons. The van der Waals surface area contributed by atoms with Crippen LogP contribution in [0.1, 0.15) is 45.4 Å². The SMILES string of the molecule is CC[C@H]1CN2CCCCC23CCC13. The Labute approximate surface area is 81.5 Å². The van der Waals surface area contributed by atoms with Crippen molar-refractivity contribution in [3.8, 4) is 0 Å². The van der Waals surface area contributed by atoms with Crippen molar-refractivity contribution in [3.05, 3.63) is 0 Å². The van der Waals surface area contributed by atoms with Gasteiger partial charge in [-0.05, 0) is 44.1 Å². The number of nitrogens with zero attached hydrogens (tertiary/aromatic N) is 1. The summed E-state index contributed by atoms with van der Waals surface area (Å²) in [5.41, 5.74) is 0.735. The van der Waals surface area contributed by atoms with Crippen LogP contribution in [0, 0.1) is 11.8 Å². The van der Waals surface area contributed by atoms with Gasteiger partial charge in [0, 0.05) is 12.1 Å². The Balaban J connectivity index is 1.85. The van der Waals surface area contributed by atoms with Crippen LogP contribution in [-0.2, 0) is 0 Å². The van der Waals surface area contributed by atoms with Crippen LogP contribution in [0.5, 0.6) is 0 Å². The quantitative estimate of drug-likeness (QED) is 0.598. The summed E-state index contributed by atoms with van der Waals surface area (Å²) in [4.78, 5) is 2.85. The number of hydrogen-bond donors (Lipinski definition) is 0. The highest BCUT2D eigenvalue weighted by Gasteiger charge is 2.58. The Kier molecular flexibility index (Phi) is 1.74. The first-order valence-electron chi connectivity index (χ1n) is 6.12. The maximum Gasteiger partial charge on any atom is 0.0241 e. The highest BCUT2D eigenvalue weighted by molar-refractivity contribution is 5.12. The zero-order chi connectivity index (χ0) is 8.89. The summed E-state index contributed by atoms with van der Waals surface area (Å²) in [6, 6.07) is 0. The first-order chi connectivity index (χ1) is 6.37. The van der Waals surface area contributed by atoms with Crippen LogP contribution in [0.3, 0.4) is 0 Å². The van der Waals surface area contributed by atoms with Crippen molar-refractivity contribution in [1.29, 1.82) is 0 Å². The van der Waals surface area contributed by atoms with Crippen LogP contribution in [0.2, 0.25) is 0 Å². The molecule has 13 heavy (non-hydrogen) atoms. The molecule has 1 aliphatic carbocycles. The zero-order valence-electron chi connectivity index (χ0n) is 8.76. The highest BCUT2D eigenvalue weighted by Crippen LogP contribution is 2.57. The average molecular weight is 179 g/mol. The van der Waals surface area contributed by atoms with Crippen LogP contribution >= 0.6 is 0 Å². The summed E-state index contributed by atoms with van der Waals surface area (Å²) in [7, 11) is 0. The second kappa shape index (κ2) is 2.73. The molecule has 3 aliphatic rings. The van der Waals surface area contributed by atoms with Crippen molar-refractivity contribution in [1.82, 2.24) is 4.90 Å². The summed E-state index contributed by atoms with van der Waals surface area (Å²) in [6.07, 6.45) is 8.97. The van der Waals surface area contributed by atoms with Crippen LogP contribution in [0.25, 0.3) is 0 Å². The van der Waals surface area contributed by atoms with E-state index in [4.69, 9.17) is 0 Å². The van der Waals surface area contributed by atoms with Gasteiger partial charge in [0.15, 0.2) is 0 Å². The van der Waals surface area contributed by atoms with E-state index in [1.165, 1.54) is 51.6 Å². The smallest absolute Gasteiger partial charge is 0.0241 e. The Morgan fingerprint density at radius 1 is 1.31 bits per heavy atom. The minimum Gasteiger partial charge on any atom is -0.297 e. The molecule has 0 bridgehead atoms. The normalized spacial score (nSPS) is 49.6. The molecule has 1 heteroatoms. The van der Waals surface area contributed by atoms with Gasteiger partial charge in [-0.1, -0.05) is 19.8 Å². The minimum atomic E-state index is 0.735. The fraction of sp³-hybridized carbons (Fsp3) is 1.00. The Morgan fingerprint density at radius 3 is 2.85 bits per heavy atom. The van der Waals surface area contributed by atoms with Crippen LogP contribution < -0.4 is 0 Å². The van der Waals surface area contributed by atoms with Gasteiger partial charge < -0.3 is 0 Å². The molecule has 2 saturated heterocycles. The third-order valence-corrected chi connectivity index (χ3v) is 5.04. The number of hydrogen-bond acceptors (Lipinski definition) is 1. The molecular weight excluding hydrogens is 158 g/mol. The van der Waals surface area contributed by atoms with Gasteiger partial charge in [0.2, 0.25) is 0 Å². The van der Waals surface area contributed by atoms with Crippen molar-refractivity contribution in [2.45, 2.75) is 51.0 Å². The van der Waals surface area contributed by atoms with Gasteiger partial charge >= 0.3 is 0 Å². The molecule has 3 rings (SSSR count). The molecule has 1 saturated carbocycles. The lowest BCUT2D eigenvalue weighted by Crippen LogP contribution is -2.56. The predicted octanol–water partition coefficient (Wildman–Crippen LogP) is 2.66. The van der Waals surface area contributed by atoms with Gasteiger partial charge in [-0.3, -0.25) is 4.90 Å². The van der Waals surface area contributed by atoms with E-state index < -0.39 is 0 Å². The molecule has 2 unspecified atom stereocenters. The number of rotatable bonds is 1. The largest absolute Gasteiger partial charge is 0.297 e. The molecule has 3 atom stereocenters. The Morgan fingerprint density at radius 2 is 2.23 bits per heavy atom. The van der Waals surface area contributed by atoms with E-state index in [1.807, 2.05) is 0 Å². The third kappa shape index (κ3) is 0.918. The maximum absolute atomic E-state index is 2.85. The molecule has 2 aliphatic heterocycles. The van der Waals surface area contributed by atoms with Crippen LogP contribution in [0.15, 0.2) is 0 Å². The third-order valence-electron chi connectivity index (χ3n) is 5.04. The standard InChI is InChI=1S/C12H21N/c1-2-10-9-13-8-4-3-6-12(13)7-5-11(10)12/h10-11H,2-9H2,1H3/t10-,11?,12?/m0/s1. The van der Waals surface area contributed by atoms with Crippen molar-refractivity contribution in [2.24, 2.45) is 11.8 Å². The van der Waals surface area contributed by atoms with E-state index in [2.05, 4.69) is 11.8 Å². The van der Waals surface area contributed by atoms with E-state index >= 15 is 0 Å². The Hall–Kier alpha value is -0.0400. The lowest BCUT2D eigenvalue weighted by atomic mass is 9.61. The van der Waals surface area contributed by atoms with E-state index in [-0.39, 0.29) is 0 Å². The molecule has 0 amide bonds. The first kappa shape index (κ1) is 8.28. The molecule has 3 fully saturated rings. The molecule has 0 aromatic heterocycles. The summed E-state index contributed by atoms with van der Waals surface area (Å²) < 4.78 is 0. The van der Waals surface area contributed by atoms with E-state index in [0.717, 1.165) is 17.4 Å². The fourth-order valence-electron chi connectivity index (χ4n) is 4.23. The van der Waals surface area contributed by atoms with E-state index in [9.17, 15) is 0 Å². The molecular formula is C12H21N. The molecule has 0 aromatic rings. The minimum absolute atomic E-state index is 0.735. The van der Waals surface area contributed by atoms with Crippen LogP contribution in [-0.4, -0.2) is 23.5 Å². The van der Waals surface area contributed by atoms with Crippen molar-refractivity contribution in [3.63, 3.8) is 0 Å². The van der Waals surface area contributed by atoms with Crippen molar-refractivity contribution in [2.75, 3.05) is 13.1 Å². The van der Waals surface area contributed by atoms with Gasteiger partial charge in [-0.15, -0.1) is 0 Å². The predicted molar refractivity (Wildman–Crippen MR) is 54.7 cm³/mol. The van der Waals surface area contributed by atoms with Gasteiger partial charge in [0.1, 0.15) is 0 Å². The number of piperidine rings is 1. The van der Waals surface area contributed by atoms with Crippen molar-refractivity contribution < 1.29 is 0 Å². The van der Waals surface area contributed by atoms with E-state index in [1.54, 1.807) is 0 Å². The average Bonchev–Trinajstić information content (AvgIpc) is 2.36. The van der Waals surface area contributed by atoms with Crippen molar-refractivity contribution >= 4 is 0 Å². The maximum atomic E-state index is 2.85. The summed E-state index contributed by atoms with van der Waals surface area (Å²) >= 11 is 0. The van der Waals surface area contributed by atoms with Gasteiger partial charge in [0.05, 0.1) is 0 Å². The molecule has 1 nitrogen and oxygen atoms in total. The van der Waals surface area contributed by atoms with E-state index in [0.29, 0.717) is 0 Å². The molecule has 0 aromatic carbocycles.